The number of fused-ring (bicyclic) bond motifs is 1. The third kappa shape index (κ3) is 3.42. The number of methoxy groups -OCH3 is 1. The molecule has 0 saturated carbocycles. The summed E-state index contributed by atoms with van der Waals surface area (Å²) in [4.78, 5) is 17.6. The number of pyridine rings is 1. The van der Waals surface area contributed by atoms with E-state index in [9.17, 15) is 4.79 Å². The average molecular weight is 362 g/mol. The summed E-state index contributed by atoms with van der Waals surface area (Å²) in [5, 5.41) is 12.0. The van der Waals surface area contributed by atoms with E-state index in [-0.39, 0.29) is 5.91 Å². The molecule has 1 amide bonds. The van der Waals surface area contributed by atoms with Crippen molar-refractivity contribution in [1.82, 2.24) is 24.5 Å². The summed E-state index contributed by atoms with van der Waals surface area (Å²) in [5.41, 5.74) is 3.44. The summed E-state index contributed by atoms with van der Waals surface area (Å²) in [5.74, 6) is -0.226. The zero-order valence-electron chi connectivity index (χ0n) is 15.0. The Hall–Kier alpha value is -3.52. The van der Waals surface area contributed by atoms with Crippen LogP contribution in [0.25, 0.3) is 22.2 Å². The zero-order chi connectivity index (χ0) is 18.8. The number of rotatable bonds is 5. The number of ether oxygens (including phenoxy) is 1. The topological polar surface area (TPSA) is 86.9 Å². The Balaban J connectivity index is 1.73. The van der Waals surface area contributed by atoms with E-state index in [1.54, 1.807) is 41.1 Å². The van der Waals surface area contributed by atoms with Crippen LogP contribution in [-0.2, 0) is 18.5 Å². The second-order valence-corrected chi connectivity index (χ2v) is 6.12. The number of carbonyl (C=O) groups is 1. The van der Waals surface area contributed by atoms with Gasteiger partial charge in [0, 0.05) is 31.3 Å². The first-order valence-electron chi connectivity index (χ1n) is 8.35. The minimum absolute atomic E-state index is 0.226. The first-order valence-corrected chi connectivity index (χ1v) is 8.35. The molecule has 27 heavy (non-hydrogen) atoms. The van der Waals surface area contributed by atoms with Crippen LogP contribution in [0.5, 0.6) is 0 Å². The Morgan fingerprint density at radius 3 is 2.81 bits per heavy atom. The fraction of sp³-hybridized carbons (Fsp3) is 0.158. The summed E-state index contributed by atoms with van der Waals surface area (Å²) in [6.45, 7) is 0.319. The maximum atomic E-state index is 13.0. The molecule has 3 aromatic heterocycles. The molecule has 4 rings (SSSR count). The SMILES string of the molecule is COCn1cc(NC(=O)c2cc(-c3cnn(C)c3)nc3ccccc23)cn1. The van der Waals surface area contributed by atoms with Crippen molar-refractivity contribution < 1.29 is 9.53 Å². The summed E-state index contributed by atoms with van der Waals surface area (Å²) in [6.07, 6.45) is 6.90. The van der Waals surface area contributed by atoms with Gasteiger partial charge in [0.25, 0.3) is 5.91 Å². The van der Waals surface area contributed by atoms with Gasteiger partial charge >= 0.3 is 0 Å². The first kappa shape index (κ1) is 16.9. The van der Waals surface area contributed by atoms with Crippen molar-refractivity contribution in [3.05, 3.63) is 60.7 Å². The molecule has 3 heterocycles. The quantitative estimate of drug-likeness (QED) is 0.590. The summed E-state index contributed by atoms with van der Waals surface area (Å²) in [7, 11) is 3.43. The maximum Gasteiger partial charge on any atom is 0.256 e. The maximum absolute atomic E-state index is 13.0. The van der Waals surface area contributed by atoms with Crippen LogP contribution >= 0.6 is 0 Å². The number of aromatic nitrogens is 5. The van der Waals surface area contributed by atoms with Gasteiger partial charge < -0.3 is 10.1 Å². The highest BCUT2D eigenvalue weighted by molar-refractivity contribution is 6.13. The number of benzene rings is 1. The van der Waals surface area contributed by atoms with Gasteiger partial charge in [-0.15, -0.1) is 0 Å². The van der Waals surface area contributed by atoms with Crippen molar-refractivity contribution in [2.75, 3.05) is 12.4 Å². The van der Waals surface area contributed by atoms with Gasteiger partial charge in [-0.1, -0.05) is 18.2 Å². The highest BCUT2D eigenvalue weighted by Crippen LogP contribution is 2.25. The average Bonchev–Trinajstić information content (AvgIpc) is 3.30. The van der Waals surface area contributed by atoms with E-state index in [4.69, 9.17) is 4.74 Å². The number of aryl methyl sites for hydroxylation is 1. The molecule has 136 valence electrons. The van der Waals surface area contributed by atoms with Crippen molar-refractivity contribution in [3.63, 3.8) is 0 Å². The van der Waals surface area contributed by atoms with Crippen LogP contribution in [0.15, 0.2) is 55.1 Å². The Morgan fingerprint density at radius 1 is 1.19 bits per heavy atom. The number of para-hydroxylation sites is 1. The van der Waals surface area contributed by atoms with Gasteiger partial charge in [-0.25, -0.2) is 9.67 Å². The van der Waals surface area contributed by atoms with E-state index in [0.29, 0.717) is 23.7 Å². The van der Waals surface area contributed by atoms with E-state index in [1.165, 1.54) is 0 Å². The molecular weight excluding hydrogens is 344 g/mol. The molecule has 0 fully saturated rings. The predicted molar refractivity (Wildman–Crippen MR) is 101 cm³/mol. The Bertz CT molecular complexity index is 1110. The van der Waals surface area contributed by atoms with E-state index >= 15 is 0 Å². The zero-order valence-corrected chi connectivity index (χ0v) is 15.0. The van der Waals surface area contributed by atoms with Crippen molar-refractivity contribution in [2.45, 2.75) is 6.73 Å². The molecule has 8 heteroatoms. The number of anilines is 1. The number of nitrogens with one attached hydrogen (secondary N) is 1. The lowest BCUT2D eigenvalue weighted by atomic mass is 10.0. The smallest absolute Gasteiger partial charge is 0.256 e. The van der Waals surface area contributed by atoms with Crippen LogP contribution in [-0.4, -0.2) is 37.6 Å². The Kier molecular flexibility index (Phi) is 4.39. The van der Waals surface area contributed by atoms with Gasteiger partial charge in [0.15, 0.2) is 0 Å². The lowest BCUT2D eigenvalue weighted by Crippen LogP contribution is -2.12. The van der Waals surface area contributed by atoms with Crippen molar-refractivity contribution in [2.24, 2.45) is 7.05 Å². The lowest BCUT2D eigenvalue weighted by molar-refractivity contribution is 0.102. The molecule has 0 atom stereocenters. The molecule has 0 aliphatic carbocycles. The molecular formula is C19H18N6O2. The normalized spacial score (nSPS) is 11.0. The number of carbonyl (C=O) groups excluding carboxylic acids is 1. The Morgan fingerprint density at radius 2 is 2.04 bits per heavy atom. The highest BCUT2D eigenvalue weighted by Gasteiger charge is 2.15. The van der Waals surface area contributed by atoms with E-state index in [1.807, 2.05) is 37.5 Å². The number of nitrogens with zero attached hydrogens (tertiary/aromatic N) is 5. The lowest BCUT2D eigenvalue weighted by Gasteiger charge is -2.09. The fourth-order valence-electron chi connectivity index (χ4n) is 2.89. The molecule has 0 aliphatic rings. The molecule has 4 aromatic rings. The van der Waals surface area contributed by atoms with Gasteiger partial charge in [0.05, 0.1) is 41.1 Å². The molecule has 8 nitrogen and oxygen atoms in total. The van der Waals surface area contributed by atoms with Gasteiger partial charge in [0.2, 0.25) is 0 Å². The monoisotopic (exact) mass is 362 g/mol. The minimum atomic E-state index is -0.226. The summed E-state index contributed by atoms with van der Waals surface area (Å²) < 4.78 is 8.33. The molecule has 0 saturated heterocycles. The minimum Gasteiger partial charge on any atom is -0.362 e. The molecule has 1 aromatic carbocycles. The summed E-state index contributed by atoms with van der Waals surface area (Å²) >= 11 is 0. The largest absolute Gasteiger partial charge is 0.362 e. The molecule has 1 N–H and O–H groups in total. The number of hydrogen-bond acceptors (Lipinski definition) is 5. The first-order chi connectivity index (χ1) is 13.1. The van der Waals surface area contributed by atoms with Crippen LogP contribution in [0.4, 0.5) is 5.69 Å². The fourth-order valence-corrected chi connectivity index (χ4v) is 2.89. The van der Waals surface area contributed by atoms with E-state index in [0.717, 1.165) is 16.5 Å². The van der Waals surface area contributed by atoms with Crippen LogP contribution < -0.4 is 5.32 Å². The molecule has 0 bridgehead atoms. The number of amides is 1. The Labute approximate surface area is 155 Å². The van der Waals surface area contributed by atoms with Crippen LogP contribution in [0.1, 0.15) is 10.4 Å². The van der Waals surface area contributed by atoms with Gasteiger partial charge in [-0.05, 0) is 12.1 Å². The second-order valence-electron chi connectivity index (χ2n) is 6.12. The third-order valence-electron chi connectivity index (χ3n) is 4.11. The van der Waals surface area contributed by atoms with Crippen LogP contribution in [0, 0.1) is 0 Å². The molecule has 0 unspecified atom stereocenters. The van der Waals surface area contributed by atoms with Gasteiger partial charge in [0.1, 0.15) is 6.73 Å². The molecule has 0 radical (unpaired) electrons. The van der Waals surface area contributed by atoms with Crippen molar-refractivity contribution in [3.8, 4) is 11.3 Å². The third-order valence-corrected chi connectivity index (χ3v) is 4.11. The highest BCUT2D eigenvalue weighted by atomic mass is 16.5. The van der Waals surface area contributed by atoms with Crippen LogP contribution in [0.2, 0.25) is 0 Å². The van der Waals surface area contributed by atoms with Crippen molar-refractivity contribution >= 4 is 22.5 Å². The standard InChI is InChI=1S/C19H18N6O2/c1-24-10-13(8-20-24)18-7-16(15-5-3-4-6-17(15)23-18)19(26)22-14-9-21-25(11-14)12-27-2/h3-11H,12H2,1-2H3,(H,22,26). The molecule has 0 aliphatic heterocycles. The van der Waals surface area contributed by atoms with Crippen LogP contribution in [0.3, 0.4) is 0 Å². The molecule has 0 spiro atoms. The van der Waals surface area contributed by atoms with Gasteiger partial charge in [-0.3, -0.25) is 9.48 Å². The van der Waals surface area contributed by atoms with Crippen molar-refractivity contribution in [1.29, 1.82) is 0 Å². The van der Waals surface area contributed by atoms with E-state index < -0.39 is 0 Å². The number of hydrogen-bond donors (Lipinski definition) is 1. The summed E-state index contributed by atoms with van der Waals surface area (Å²) in [6, 6.07) is 9.36. The van der Waals surface area contributed by atoms with E-state index in [2.05, 4.69) is 20.5 Å². The second kappa shape index (κ2) is 7.00. The van der Waals surface area contributed by atoms with Gasteiger partial charge in [-0.2, -0.15) is 10.2 Å². The predicted octanol–water partition coefficient (Wildman–Crippen LogP) is 2.69.